The molecule has 1 atom stereocenters. The molecule has 2 heterocycles. The van der Waals surface area contributed by atoms with Gasteiger partial charge in [-0.15, -0.1) is 0 Å². The maximum absolute atomic E-state index is 5.60. The zero-order valence-corrected chi connectivity index (χ0v) is 11.4. The molecule has 0 bridgehead atoms. The third-order valence-electron chi connectivity index (χ3n) is 3.11. The van der Waals surface area contributed by atoms with Gasteiger partial charge in [0, 0.05) is 31.9 Å². The Labute approximate surface area is 109 Å². The average Bonchev–Trinajstić information content (AvgIpc) is 2.38. The molecule has 0 amide bonds. The number of aromatic nitrogens is 2. The molecule has 5 nitrogen and oxygen atoms in total. The number of nitrogens with zero attached hydrogens (tertiary/aromatic N) is 3. The lowest BCUT2D eigenvalue weighted by Gasteiger charge is -2.31. The summed E-state index contributed by atoms with van der Waals surface area (Å²) in [6.45, 7) is 6.10. The number of hydrogen-bond donors (Lipinski definition) is 1. The van der Waals surface area contributed by atoms with Crippen LogP contribution in [0.4, 0.5) is 5.95 Å². The third-order valence-corrected chi connectivity index (χ3v) is 3.11. The Balaban J connectivity index is 2.06. The Morgan fingerprint density at radius 3 is 3.00 bits per heavy atom. The van der Waals surface area contributed by atoms with Crippen molar-refractivity contribution in [2.45, 2.75) is 38.8 Å². The Morgan fingerprint density at radius 2 is 2.33 bits per heavy atom. The van der Waals surface area contributed by atoms with Crippen molar-refractivity contribution in [2.75, 3.05) is 25.0 Å². The van der Waals surface area contributed by atoms with Gasteiger partial charge < -0.3 is 15.0 Å². The molecule has 1 unspecified atom stereocenters. The summed E-state index contributed by atoms with van der Waals surface area (Å²) in [7, 11) is 2.05. The van der Waals surface area contributed by atoms with Gasteiger partial charge in [0.05, 0.1) is 6.10 Å². The summed E-state index contributed by atoms with van der Waals surface area (Å²) >= 11 is 0. The maximum Gasteiger partial charge on any atom is 0.228 e. The fourth-order valence-electron chi connectivity index (χ4n) is 2.14. The fraction of sp³-hybridized carbons (Fsp3) is 0.692. The SMILES string of the molecule is CC(C)Oc1ccnc(N(C)C2CCCNC2)n1. The van der Waals surface area contributed by atoms with E-state index in [0.29, 0.717) is 11.9 Å². The predicted molar refractivity (Wildman–Crippen MR) is 72.1 cm³/mol. The Bertz CT molecular complexity index is 377. The fourth-order valence-corrected chi connectivity index (χ4v) is 2.14. The predicted octanol–water partition coefficient (Wildman–Crippen LogP) is 1.45. The minimum Gasteiger partial charge on any atom is -0.475 e. The minimum absolute atomic E-state index is 0.134. The van der Waals surface area contributed by atoms with Crippen molar-refractivity contribution in [3.63, 3.8) is 0 Å². The van der Waals surface area contributed by atoms with Crippen LogP contribution in [0.3, 0.4) is 0 Å². The van der Waals surface area contributed by atoms with E-state index in [1.165, 1.54) is 12.8 Å². The lowest BCUT2D eigenvalue weighted by atomic mass is 10.1. The van der Waals surface area contributed by atoms with E-state index in [1.807, 2.05) is 20.9 Å². The monoisotopic (exact) mass is 250 g/mol. The summed E-state index contributed by atoms with van der Waals surface area (Å²) in [6.07, 6.45) is 4.28. The van der Waals surface area contributed by atoms with Crippen LogP contribution < -0.4 is 15.0 Å². The molecule has 1 aromatic rings. The van der Waals surface area contributed by atoms with E-state index in [4.69, 9.17) is 4.74 Å². The summed E-state index contributed by atoms with van der Waals surface area (Å²) in [6, 6.07) is 2.27. The average molecular weight is 250 g/mol. The van der Waals surface area contributed by atoms with Crippen molar-refractivity contribution in [3.05, 3.63) is 12.3 Å². The lowest BCUT2D eigenvalue weighted by Crippen LogP contribution is -2.44. The standard InChI is InChI=1S/C13H22N4O/c1-10(2)18-12-6-8-15-13(16-12)17(3)11-5-4-7-14-9-11/h6,8,10-11,14H,4-5,7,9H2,1-3H3. The third kappa shape index (κ3) is 3.32. The molecule has 1 aliphatic rings. The van der Waals surface area contributed by atoms with E-state index in [2.05, 4.69) is 20.2 Å². The molecule has 1 aliphatic heterocycles. The number of piperidine rings is 1. The first-order valence-electron chi connectivity index (χ1n) is 6.60. The molecule has 18 heavy (non-hydrogen) atoms. The van der Waals surface area contributed by atoms with Gasteiger partial charge in [0.2, 0.25) is 11.8 Å². The van der Waals surface area contributed by atoms with Gasteiger partial charge in [-0.25, -0.2) is 4.98 Å². The molecule has 0 spiro atoms. The van der Waals surface area contributed by atoms with Gasteiger partial charge in [0.25, 0.3) is 0 Å². The number of likely N-dealkylation sites (N-methyl/N-ethyl adjacent to an activating group) is 1. The molecule has 1 saturated heterocycles. The Morgan fingerprint density at radius 1 is 1.50 bits per heavy atom. The quantitative estimate of drug-likeness (QED) is 0.876. The van der Waals surface area contributed by atoms with Crippen LogP contribution in [-0.4, -0.2) is 42.3 Å². The molecular formula is C13H22N4O. The van der Waals surface area contributed by atoms with Crippen LogP contribution in [0.25, 0.3) is 0 Å². The van der Waals surface area contributed by atoms with Crippen LogP contribution >= 0.6 is 0 Å². The number of hydrogen-bond acceptors (Lipinski definition) is 5. The van der Waals surface area contributed by atoms with Crippen LogP contribution in [0.2, 0.25) is 0 Å². The van der Waals surface area contributed by atoms with E-state index in [1.54, 1.807) is 12.3 Å². The molecule has 100 valence electrons. The summed E-state index contributed by atoms with van der Waals surface area (Å²) in [5.74, 6) is 1.38. The highest BCUT2D eigenvalue weighted by molar-refractivity contribution is 5.32. The van der Waals surface area contributed by atoms with Crippen LogP contribution in [0.15, 0.2) is 12.3 Å². The van der Waals surface area contributed by atoms with Crippen molar-refractivity contribution in [3.8, 4) is 5.88 Å². The van der Waals surface area contributed by atoms with Gasteiger partial charge >= 0.3 is 0 Å². The first-order valence-corrected chi connectivity index (χ1v) is 6.60. The van der Waals surface area contributed by atoms with Crippen molar-refractivity contribution >= 4 is 5.95 Å². The van der Waals surface area contributed by atoms with Crippen LogP contribution in [0, 0.1) is 0 Å². The normalized spacial score (nSPS) is 19.9. The van der Waals surface area contributed by atoms with Crippen molar-refractivity contribution < 1.29 is 4.74 Å². The maximum atomic E-state index is 5.60. The zero-order chi connectivity index (χ0) is 13.0. The highest BCUT2D eigenvalue weighted by Gasteiger charge is 2.20. The van der Waals surface area contributed by atoms with E-state index < -0.39 is 0 Å². The lowest BCUT2D eigenvalue weighted by molar-refractivity contribution is 0.232. The zero-order valence-electron chi connectivity index (χ0n) is 11.4. The summed E-state index contributed by atoms with van der Waals surface area (Å²) < 4.78 is 5.60. The molecule has 0 saturated carbocycles. The Kier molecular flexibility index (Phi) is 4.36. The van der Waals surface area contributed by atoms with Gasteiger partial charge in [-0.1, -0.05) is 0 Å². The molecule has 5 heteroatoms. The van der Waals surface area contributed by atoms with Crippen LogP contribution in [0.1, 0.15) is 26.7 Å². The van der Waals surface area contributed by atoms with E-state index >= 15 is 0 Å². The van der Waals surface area contributed by atoms with Gasteiger partial charge in [0.1, 0.15) is 0 Å². The first kappa shape index (κ1) is 13.1. The molecule has 1 N–H and O–H groups in total. The smallest absolute Gasteiger partial charge is 0.228 e. The first-order chi connectivity index (χ1) is 8.66. The highest BCUT2D eigenvalue weighted by atomic mass is 16.5. The molecule has 0 aliphatic carbocycles. The molecule has 1 fully saturated rings. The highest BCUT2D eigenvalue weighted by Crippen LogP contribution is 2.17. The molecule has 1 aromatic heterocycles. The molecular weight excluding hydrogens is 228 g/mol. The largest absolute Gasteiger partial charge is 0.475 e. The second kappa shape index (κ2) is 6.00. The second-order valence-electron chi connectivity index (χ2n) is 4.97. The second-order valence-corrected chi connectivity index (χ2v) is 4.97. The van der Waals surface area contributed by atoms with Gasteiger partial charge in [-0.3, -0.25) is 0 Å². The van der Waals surface area contributed by atoms with Crippen LogP contribution in [-0.2, 0) is 0 Å². The van der Waals surface area contributed by atoms with E-state index in [9.17, 15) is 0 Å². The number of anilines is 1. The van der Waals surface area contributed by atoms with Crippen molar-refractivity contribution in [1.29, 1.82) is 0 Å². The molecule has 0 aromatic carbocycles. The van der Waals surface area contributed by atoms with E-state index in [0.717, 1.165) is 19.0 Å². The summed E-state index contributed by atoms with van der Waals surface area (Å²) in [5.41, 5.74) is 0. The molecule has 0 radical (unpaired) electrons. The van der Waals surface area contributed by atoms with Crippen molar-refractivity contribution in [2.24, 2.45) is 0 Å². The van der Waals surface area contributed by atoms with Crippen molar-refractivity contribution in [1.82, 2.24) is 15.3 Å². The summed E-state index contributed by atoms with van der Waals surface area (Å²) in [4.78, 5) is 10.9. The van der Waals surface area contributed by atoms with E-state index in [-0.39, 0.29) is 6.10 Å². The van der Waals surface area contributed by atoms with Crippen LogP contribution in [0.5, 0.6) is 5.88 Å². The Hall–Kier alpha value is -1.36. The van der Waals surface area contributed by atoms with Gasteiger partial charge in [0.15, 0.2) is 0 Å². The topological polar surface area (TPSA) is 50.3 Å². The number of ether oxygens (including phenoxy) is 1. The number of nitrogens with one attached hydrogen (secondary N) is 1. The number of rotatable bonds is 4. The minimum atomic E-state index is 0.134. The van der Waals surface area contributed by atoms with Gasteiger partial charge in [-0.05, 0) is 33.2 Å². The van der Waals surface area contributed by atoms with Gasteiger partial charge in [-0.2, -0.15) is 4.98 Å². The summed E-state index contributed by atoms with van der Waals surface area (Å²) in [5, 5.41) is 3.40. The molecule has 2 rings (SSSR count).